The number of amides is 1. The Morgan fingerprint density at radius 1 is 1.07 bits per heavy atom. The van der Waals surface area contributed by atoms with E-state index in [0.717, 1.165) is 5.56 Å². The summed E-state index contributed by atoms with van der Waals surface area (Å²) in [6.45, 7) is 0.137. The van der Waals surface area contributed by atoms with Gasteiger partial charge in [0, 0.05) is 10.6 Å². The second-order valence-electron chi connectivity index (χ2n) is 5.77. The van der Waals surface area contributed by atoms with Crippen molar-refractivity contribution in [3.8, 4) is 5.75 Å². The molecule has 28 heavy (non-hydrogen) atoms. The van der Waals surface area contributed by atoms with Crippen molar-refractivity contribution in [2.45, 2.75) is 6.61 Å². The molecule has 0 radical (unpaired) electrons. The van der Waals surface area contributed by atoms with Gasteiger partial charge >= 0.3 is 0 Å². The third-order valence-corrected chi connectivity index (χ3v) is 4.34. The Bertz CT molecular complexity index is 1010. The first-order valence-corrected chi connectivity index (χ1v) is 9.03. The molecule has 3 aromatic carbocycles. The molecule has 0 fully saturated rings. The standard InChI is InChI=1S/C21H15Cl2FN2O2/c22-16-7-10-18(19(23)11-16)21(27)26-25-12-14-5-8-17(9-6-14)28-13-15-3-1-2-4-20(15)24/h1-12H,13H2,(H,26,27)/b25-12+. The minimum Gasteiger partial charge on any atom is -0.489 e. The highest BCUT2D eigenvalue weighted by atomic mass is 35.5. The Labute approximate surface area is 171 Å². The average Bonchev–Trinajstić information content (AvgIpc) is 2.68. The minimum absolute atomic E-state index is 0.137. The van der Waals surface area contributed by atoms with Crippen molar-refractivity contribution in [2.24, 2.45) is 5.10 Å². The topological polar surface area (TPSA) is 50.7 Å². The van der Waals surface area contributed by atoms with Crippen molar-refractivity contribution in [2.75, 3.05) is 0 Å². The van der Waals surface area contributed by atoms with E-state index in [2.05, 4.69) is 10.5 Å². The van der Waals surface area contributed by atoms with E-state index in [1.807, 2.05) is 0 Å². The smallest absolute Gasteiger partial charge is 0.272 e. The third-order valence-electron chi connectivity index (χ3n) is 3.79. The maximum absolute atomic E-state index is 13.6. The van der Waals surface area contributed by atoms with Crippen LogP contribution < -0.4 is 10.2 Å². The molecule has 1 amide bonds. The molecule has 0 saturated heterocycles. The number of nitrogens with one attached hydrogen (secondary N) is 1. The first-order valence-electron chi connectivity index (χ1n) is 8.27. The number of hydrazone groups is 1. The number of halogens is 3. The van der Waals surface area contributed by atoms with Crippen LogP contribution in [0, 0.1) is 5.82 Å². The summed E-state index contributed by atoms with van der Waals surface area (Å²) in [6, 6.07) is 18.0. The Morgan fingerprint density at radius 3 is 2.54 bits per heavy atom. The number of carbonyl (C=O) groups excluding carboxylic acids is 1. The van der Waals surface area contributed by atoms with Crippen LogP contribution in [0.1, 0.15) is 21.5 Å². The minimum atomic E-state index is -0.442. The number of hydrogen-bond acceptors (Lipinski definition) is 3. The van der Waals surface area contributed by atoms with Gasteiger partial charge in [0.25, 0.3) is 5.91 Å². The molecule has 3 aromatic rings. The molecule has 4 nitrogen and oxygen atoms in total. The van der Waals surface area contributed by atoms with Gasteiger partial charge in [0.05, 0.1) is 16.8 Å². The van der Waals surface area contributed by atoms with Gasteiger partial charge in [-0.2, -0.15) is 5.10 Å². The lowest BCUT2D eigenvalue weighted by Crippen LogP contribution is -2.18. The number of nitrogens with zero attached hydrogens (tertiary/aromatic N) is 1. The van der Waals surface area contributed by atoms with Crippen molar-refractivity contribution in [3.05, 3.63) is 99.3 Å². The zero-order valence-electron chi connectivity index (χ0n) is 14.5. The van der Waals surface area contributed by atoms with Gasteiger partial charge < -0.3 is 4.74 Å². The molecular weight excluding hydrogens is 402 g/mol. The van der Waals surface area contributed by atoms with Crippen LogP contribution in [-0.2, 0) is 6.61 Å². The Kier molecular flexibility index (Phi) is 6.63. The molecular formula is C21H15Cl2FN2O2. The molecule has 142 valence electrons. The summed E-state index contributed by atoms with van der Waals surface area (Å²) in [5, 5.41) is 4.60. The fourth-order valence-electron chi connectivity index (χ4n) is 2.33. The SMILES string of the molecule is O=C(N/N=C/c1ccc(OCc2ccccc2F)cc1)c1ccc(Cl)cc1Cl. The Hall–Kier alpha value is -2.89. The predicted octanol–water partition coefficient (Wildman–Crippen LogP) is 5.48. The summed E-state index contributed by atoms with van der Waals surface area (Å²) >= 11 is 11.8. The normalized spacial score (nSPS) is 10.8. The summed E-state index contributed by atoms with van der Waals surface area (Å²) in [5.74, 6) is -0.150. The van der Waals surface area contributed by atoms with E-state index < -0.39 is 5.91 Å². The summed E-state index contributed by atoms with van der Waals surface area (Å²) in [6.07, 6.45) is 1.49. The molecule has 0 aromatic heterocycles. The molecule has 0 atom stereocenters. The fraction of sp³-hybridized carbons (Fsp3) is 0.0476. The Morgan fingerprint density at radius 2 is 1.82 bits per heavy atom. The van der Waals surface area contributed by atoms with Gasteiger partial charge in [-0.3, -0.25) is 4.79 Å². The predicted molar refractivity (Wildman–Crippen MR) is 109 cm³/mol. The highest BCUT2D eigenvalue weighted by molar-refractivity contribution is 6.36. The number of hydrogen-bond donors (Lipinski definition) is 1. The average molecular weight is 417 g/mol. The second-order valence-corrected chi connectivity index (χ2v) is 6.62. The van der Waals surface area contributed by atoms with Crippen LogP contribution in [0.5, 0.6) is 5.75 Å². The zero-order valence-corrected chi connectivity index (χ0v) is 16.0. The van der Waals surface area contributed by atoms with Gasteiger partial charge in [0.15, 0.2) is 0 Å². The monoisotopic (exact) mass is 416 g/mol. The fourth-order valence-corrected chi connectivity index (χ4v) is 2.82. The van der Waals surface area contributed by atoms with E-state index in [4.69, 9.17) is 27.9 Å². The highest BCUT2D eigenvalue weighted by Crippen LogP contribution is 2.20. The van der Waals surface area contributed by atoms with Crippen molar-refractivity contribution >= 4 is 35.3 Å². The zero-order chi connectivity index (χ0) is 19.9. The van der Waals surface area contributed by atoms with Crippen molar-refractivity contribution in [1.29, 1.82) is 0 Å². The van der Waals surface area contributed by atoms with E-state index in [-0.39, 0.29) is 23.0 Å². The van der Waals surface area contributed by atoms with Crippen LogP contribution in [0.3, 0.4) is 0 Å². The first-order chi connectivity index (χ1) is 13.5. The molecule has 1 N–H and O–H groups in total. The molecule has 0 saturated carbocycles. The lowest BCUT2D eigenvalue weighted by atomic mass is 10.2. The quantitative estimate of drug-likeness (QED) is 0.427. The van der Waals surface area contributed by atoms with E-state index in [0.29, 0.717) is 16.3 Å². The largest absolute Gasteiger partial charge is 0.489 e. The van der Waals surface area contributed by atoms with Crippen LogP contribution in [0.4, 0.5) is 4.39 Å². The van der Waals surface area contributed by atoms with Gasteiger partial charge in [-0.1, -0.05) is 41.4 Å². The van der Waals surface area contributed by atoms with E-state index in [1.165, 1.54) is 24.4 Å². The van der Waals surface area contributed by atoms with Crippen molar-refractivity contribution < 1.29 is 13.9 Å². The summed E-state index contributed by atoms with van der Waals surface area (Å²) in [7, 11) is 0. The third kappa shape index (κ3) is 5.31. The molecule has 3 rings (SSSR count). The molecule has 0 aliphatic heterocycles. The highest BCUT2D eigenvalue weighted by Gasteiger charge is 2.09. The molecule has 0 aliphatic carbocycles. The van der Waals surface area contributed by atoms with Gasteiger partial charge in [0.2, 0.25) is 0 Å². The molecule has 7 heteroatoms. The number of ether oxygens (including phenoxy) is 1. The van der Waals surface area contributed by atoms with Crippen LogP contribution >= 0.6 is 23.2 Å². The lowest BCUT2D eigenvalue weighted by molar-refractivity contribution is 0.0955. The summed E-state index contributed by atoms with van der Waals surface area (Å²) in [4.78, 5) is 12.1. The van der Waals surface area contributed by atoms with Gasteiger partial charge in [0.1, 0.15) is 18.2 Å². The second kappa shape index (κ2) is 9.35. The molecule has 0 unspecified atom stereocenters. The molecule has 0 bridgehead atoms. The summed E-state index contributed by atoms with van der Waals surface area (Å²) < 4.78 is 19.2. The van der Waals surface area contributed by atoms with Crippen LogP contribution in [-0.4, -0.2) is 12.1 Å². The van der Waals surface area contributed by atoms with Gasteiger partial charge in [-0.15, -0.1) is 0 Å². The van der Waals surface area contributed by atoms with Gasteiger partial charge in [-0.25, -0.2) is 9.82 Å². The number of rotatable bonds is 6. The van der Waals surface area contributed by atoms with Gasteiger partial charge in [-0.05, 0) is 54.1 Å². The summed E-state index contributed by atoms with van der Waals surface area (Å²) in [5.41, 5.74) is 3.92. The van der Waals surface area contributed by atoms with Crippen molar-refractivity contribution in [3.63, 3.8) is 0 Å². The molecule has 0 aliphatic rings. The lowest BCUT2D eigenvalue weighted by Gasteiger charge is -2.07. The molecule has 0 heterocycles. The molecule has 0 spiro atoms. The van der Waals surface area contributed by atoms with E-state index in [9.17, 15) is 9.18 Å². The van der Waals surface area contributed by atoms with E-state index in [1.54, 1.807) is 48.5 Å². The Balaban J connectivity index is 1.55. The number of carbonyl (C=O) groups is 1. The van der Waals surface area contributed by atoms with Crippen LogP contribution in [0.2, 0.25) is 10.0 Å². The van der Waals surface area contributed by atoms with E-state index >= 15 is 0 Å². The maximum atomic E-state index is 13.6. The maximum Gasteiger partial charge on any atom is 0.272 e. The van der Waals surface area contributed by atoms with Crippen molar-refractivity contribution in [1.82, 2.24) is 5.43 Å². The van der Waals surface area contributed by atoms with Crippen LogP contribution in [0.25, 0.3) is 0 Å². The number of benzene rings is 3. The first kappa shape index (κ1) is 19.9. The van der Waals surface area contributed by atoms with Crippen LogP contribution in [0.15, 0.2) is 71.8 Å².